The van der Waals surface area contributed by atoms with Gasteiger partial charge in [-0.05, 0) is 19.9 Å². The minimum absolute atomic E-state index is 0.310. The van der Waals surface area contributed by atoms with Crippen molar-refractivity contribution >= 4 is 5.91 Å². The monoisotopic (exact) mass is 196 g/mol. The fraction of sp³-hybridized carbons (Fsp3) is 0.556. The van der Waals surface area contributed by atoms with Crippen LogP contribution in [-0.4, -0.2) is 21.7 Å². The summed E-state index contributed by atoms with van der Waals surface area (Å²) >= 11 is 0. The summed E-state index contributed by atoms with van der Waals surface area (Å²) in [6.45, 7) is 5.20. The molecule has 0 radical (unpaired) electrons. The largest absolute Gasteiger partial charge is 0.368 e. The van der Waals surface area contributed by atoms with Gasteiger partial charge in [-0.15, -0.1) is 0 Å². The van der Waals surface area contributed by atoms with Crippen molar-refractivity contribution in [1.82, 2.24) is 15.1 Å². The van der Waals surface area contributed by atoms with Crippen molar-refractivity contribution < 1.29 is 4.79 Å². The third-order valence-electron chi connectivity index (χ3n) is 2.12. The Balaban J connectivity index is 2.49. The summed E-state index contributed by atoms with van der Waals surface area (Å²) in [6, 6.07) is 1.61. The van der Waals surface area contributed by atoms with E-state index in [1.54, 1.807) is 13.1 Å². The maximum Gasteiger partial charge on any atom is 0.234 e. The Morgan fingerprint density at radius 3 is 3.07 bits per heavy atom. The number of carbonyl (C=O) groups excluding carboxylic acids is 1. The van der Waals surface area contributed by atoms with Gasteiger partial charge in [0.15, 0.2) is 0 Å². The minimum atomic E-state index is -0.340. The number of aromatic nitrogens is 2. The lowest BCUT2D eigenvalue weighted by atomic mass is 10.3. The molecule has 1 rings (SSSR count). The fourth-order valence-electron chi connectivity index (χ4n) is 1.15. The van der Waals surface area contributed by atoms with Gasteiger partial charge in [-0.1, -0.05) is 0 Å². The topological polar surface area (TPSA) is 72.9 Å². The van der Waals surface area contributed by atoms with Gasteiger partial charge in [0.1, 0.15) is 0 Å². The van der Waals surface area contributed by atoms with Crippen LogP contribution in [0.25, 0.3) is 0 Å². The Bertz CT molecular complexity index is 308. The molecule has 5 nitrogen and oxygen atoms in total. The van der Waals surface area contributed by atoms with E-state index in [4.69, 9.17) is 5.73 Å². The molecule has 0 aliphatic rings. The molecule has 1 atom stereocenters. The van der Waals surface area contributed by atoms with Crippen LogP contribution in [0.3, 0.4) is 0 Å². The summed E-state index contributed by atoms with van der Waals surface area (Å²) in [5.74, 6) is -0.340. The molecule has 1 aromatic rings. The SMILES string of the molecule is CCn1nccc1CNC(C)C(N)=O. The molecular formula is C9H16N4O. The zero-order valence-corrected chi connectivity index (χ0v) is 8.53. The number of amides is 1. The van der Waals surface area contributed by atoms with Gasteiger partial charge in [-0.2, -0.15) is 5.10 Å². The van der Waals surface area contributed by atoms with Crippen molar-refractivity contribution in [2.75, 3.05) is 0 Å². The summed E-state index contributed by atoms with van der Waals surface area (Å²) in [5.41, 5.74) is 6.18. The molecule has 0 bridgehead atoms. The molecule has 1 unspecified atom stereocenters. The first kappa shape index (κ1) is 10.7. The Morgan fingerprint density at radius 1 is 1.79 bits per heavy atom. The van der Waals surface area contributed by atoms with Crippen LogP contribution >= 0.6 is 0 Å². The van der Waals surface area contributed by atoms with E-state index < -0.39 is 0 Å². The van der Waals surface area contributed by atoms with Gasteiger partial charge in [0.05, 0.1) is 11.7 Å². The zero-order valence-electron chi connectivity index (χ0n) is 8.53. The fourth-order valence-corrected chi connectivity index (χ4v) is 1.15. The second kappa shape index (κ2) is 4.76. The maximum absolute atomic E-state index is 10.8. The molecule has 5 heteroatoms. The summed E-state index contributed by atoms with van der Waals surface area (Å²) in [6.07, 6.45) is 1.75. The molecule has 1 amide bonds. The number of nitrogens with zero attached hydrogens (tertiary/aromatic N) is 2. The highest BCUT2D eigenvalue weighted by Crippen LogP contribution is 1.98. The first-order chi connectivity index (χ1) is 6.65. The van der Waals surface area contributed by atoms with Crippen LogP contribution in [0.2, 0.25) is 0 Å². The number of aryl methyl sites for hydroxylation is 1. The molecule has 1 heterocycles. The third kappa shape index (κ3) is 2.56. The van der Waals surface area contributed by atoms with Gasteiger partial charge < -0.3 is 11.1 Å². The second-order valence-electron chi connectivity index (χ2n) is 3.14. The maximum atomic E-state index is 10.8. The van der Waals surface area contributed by atoms with Gasteiger partial charge in [0.2, 0.25) is 5.91 Å². The lowest BCUT2D eigenvalue weighted by Gasteiger charge is -2.10. The van der Waals surface area contributed by atoms with Crippen molar-refractivity contribution in [3.63, 3.8) is 0 Å². The minimum Gasteiger partial charge on any atom is -0.368 e. The number of primary amides is 1. The highest BCUT2D eigenvalue weighted by molar-refractivity contribution is 5.79. The van der Waals surface area contributed by atoms with Crippen molar-refractivity contribution in [3.8, 4) is 0 Å². The van der Waals surface area contributed by atoms with E-state index >= 15 is 0 Å². The molecule has 3 N–H and O–H groups in total. The molecule has 78 valence electrons. The average molecular weight is 196 g/mol. The van der Waals surface area contributed by atoms with Gasteiger partial charge in [-0.3, -0.25) is 9.48 Å². The van der Waals surface area contributed by atoms with Crippen LogP contribution in [-0.2, 0) is 17.9 Å². The third-order valence-corrected chi connectivity index (χ3v) is 2.12. The predicted molar refractivity (Wildman–Crippen MR) is 53.4 cm³/mol. The highest BCUT2D eigenvalue weighted by atomic mass is 16.1. The Labute approximate surface area is 83.3 Å². The van der Waals surface area contributed by atoms with Crippen LogP contribution in [0.15, 0.2) is 12.3 Å². The molecule has 14 heavy (non-hydrogen) atoms. The molecule has 0 saturated heterocycles. The molecular weight excluding hydrogens is 180 g/mol. The van der Waals surface area contributed by atoms with Crippen molar-refractivity contribution in [2.24, 2.45) is 5.73 Å². The lowest BCUT2D eigenvalue weighted by molar-refractivity contribution is -0.119. The van der Waals surface area contributed by atoms with Crippen LogP contribution in [0.4, 0.5) is 0 Å². The van der Waals surface area contributed by atoms with Gasteiger partial charge in [0, 0.05) is 19.3 Å². The van der Waals surface area contributed by atoms with Crippen molar-refractivity contribution in [2.45, 2.75) is 33.0 Å². The van der Waals surface area contributed by atoms with Gasteiger partial charge >= 0.3 is 0 Å². The standard InChI is InChI=1S/C9H16N4O/c1-3-13-8(4-5-12-13)6-11-7(2)9(10)14/h4-5,7,11H,3,6H2,1-2H3,(H2,10,14). The molecule has 0 aliphatic carbocycles. The summed E-state index contributed by atoms with van der Waals surface area (Å²) in [5, 5.41) is 7.14. The van der Waals surface area contributed by atoms with E-state index in [1.807, 2.05) is 17.7 Å². The number of carbonyl (C=O) groups is 1. The Hall–Kier alpha value is -1.36. The summed E-state index contributed by atoms with van der Waals surface area (Å²) in [4.78, 5) is 10.8. The number of hydrogen-bond donors (Lipinski definition) is 2. The Kier molecular flexibility index (Phi) is 3.64. The van der Waals surface area contributed by atoms with Gasteiger partial charge in [0.25, 0.3) is 0 Å². The Morgan fingerprint density at radius 2 is 2.50 bits per heavy atom. The van der Waals surface area contributed by atoms with Crippen LogP contribution in [0, 0.1) is 0 Å². The predicted octanol–water partition coefficient (Wildman–Crippen LogP) is -0.134. The van der Waals surface area contributed by atoms with E-state index in [0.29, 0.717) is 6.54 Å². The van der Waals surface area contributed by atoms with Crippen molar-refractivity contribution in [3.05, 3.63) is 18.0 Å². The first-order valence-electron chi connectivity index (χ1n) is 4.68. The lowest BCUT2D eigenvalue weighted by Crippen LogP contribution is -2.38. The van der Waals surface area contributed by atoms with E-state index in [1.165, 1.54) is 0 Å². The van der Waals surface area contributed by atoms with E-state index in [9.17, 15) is 4.79 Å². The molecule has 0 aromatic carbocycles. The van der Waals surface area contributed by atoms with Crippen LogP contribution in [0.1, 0.15) is 19.5 Å². The average Bonchev–Trinajstić information content (AvgIpc) is 2.60. The van der Waals surface area contributed by atoms with E-state index in [0.717, 1.165) is 12.2 Å². The quantitative estimate of drug-likeness (QED) is 0.688. The summed E-state index contributed by atoms with van der Waals surface area (Å²) < 4.78 is 1.88. The first-order valence-corrected chi connectivity index (χ1v) is 4.68. The van der Waals surface area contributed by atoms with Crippen LogP contribution < -0.4 is 11.1 Å². The summed E-state index contributed by atoms with van der Waals surface area (Å²) in [7, 11) is 0. The molecule has 0 aliphatic heterocycles. The number of nitrogens with one attached hydrogen (secondary N) is 1. The van der Waals surface area contributed by atoms with E-state index in [-0.39, 0.29) is 11.9 Å². The normalized spacial score (nSPS) is 12.7. The molecule has 0 spiro atoms. The molecule has 1 aromatic heterocycles. The highest BCUT2D eigenvalue weighted by Gasteiger charge is 2.08. The number of rotatable bonds is 5. The number of hydrogen-bond acceptors (Lipinski definition) is 3. The van der Waals surface area contributed by atoms with Crippen LogP contribution in [0.5, 0.6) is 0 Å². The van der Waals surface area contributed by atoms with Gasteiger partial charge in [-0.25, -0.2) is 0 Å². The second-order valence-corrected chi connectivity index (χ2v) is 3.14. The smallest absolute Gasteiger partial charge is 0.234 e. The zero-order chi connectivity index (χ0) is 10.6. The number of nitrogens with two attached hydrogens (primary N) is 1. The molecule has 0 saturated carbocycles. The van der Waals surface area contributed by atoms with E-state index in [2.05, 4.69) is 10.4 Å². The molecule has 0 fully saturated rings. The van der Waals surface area contributed by atoms with Crippen molar-refractivity contribution in [1.29, 1.82) is 0 Å².